The second-order valence-corrected chi connectivity index (χ2v) is 16.7. The van der Waals surface area contributed by atoms with E-state index in [0.29, 0.717) is 11.1 Å². The monoisotopic (exact) mass is 932 g/mol. The van der Waals surface area contributed by atoms with Gasteiger partial charge in [0.15, 0.2) is 11.1 Å². The van der Waals surface area contributed by atoms with Crippen molar-refractivity contribution in [3.8, 4) is 11.1 Å². The molecule has 0 aromatic heterocycles. The number of hydrogen-bond donors (Lipinski definition) is 4. The van der Waals surface area contributed by atoms with E-state index in [4.69, 9.17) is 10.2 Å². The molecule has 8 rings (SSSR count). The Hall–Kier alpha value is -6.66. The van der Waals surface area contributed by atoms with E-state index in [-0.39, 0.29) is 31.8 Å². The van der Waals surface area contributed by atoms with E-state index in [1.54, 1.807) is 0 Å². The van der Waals surface area contributed by atoms with Crippen LogP contribution in [0.5, 0.6) is 0 Å². The Bertz CT molecular complexity index is 2400. The van der Waals surface area contributed by atoms with Gasteiger partial charge in [0.05, 0.1) is 9.79 Å². The van der Waals surface area contributed by atoms with Crippen LogP contribution >= 0.6 is 0 Å². The van der Waals surface area contributed by atoms with Gasteiger partial charge in [-0.3, -0.25) is 0 Å². The van der Waals surface area contributed by atoms with Crippen LogP contribution in [0.1, 0.15) is 33.4 Å². The first-order chi connectivity index (χ1) is 30.8. The molecule has 0 unspecified atom stereocenters. The summed E-state index contributed by atoms with van der Waals surface area (Å²) < 4.78 is 64.7. The number of benzene rings is 8. The fourth-order valence-corrected chi connectivity index (χ4v) is 7.90. The molecule has 0 aliphatic rings. The molecule has 0 spiro atoms. The quantitative estimate of drug-likeness (QED) is 0.110. The Labute approximate surface area is 387 Å². The Morgan fingerprint density at radius 2 is 0.470 bits per heavy atom. The van der Waals surface area contributed by atoms with Gasteiger partial charge in [-0.2, -0.15) is 0 Å². The molecule has 8 aromatic rings. The predicted octanol–water partition coefficient (Wildman–Crippen LogP) is 5.17. The van der Waals surface area contributed by atoms with Crippen LogP contribution in [0.25, 0.3) is 11.1 Å². The number of aliphatic hydroxyl groups is 2. The van der Waals surface area contributed by atoms with E-state index in [1.165, 1.54) is 57.6 Å². The summed E-state index contributed by atoms with van der Waals surface area (Å²) >= 11 is 0. The molecule has 0 aliphatic carbocycles. The maximum absolute atomic E-state index is 10.8. The fraction of sp³-hybridized carbons (Fsp3) is 0.0769. The molecule has 66 heavy (non-hydrogen) atoms. The third-order valence-electron chi connectivity index (χ3n) is 10.2. The van der Waals surface area contributed by atoms with Crippen LogP contribution in [0.3, 0.4) is 0 Å². The van der Waals surface area contributed by atoms with Crippen LogP contribution in [0.15, 0.2) is 240 Å². The summed E-state index contributed by atoms with van der Waals surface area (Å²) in [7, 11) is -7.00. The van der Waals surface area contributed by atoms with Crippen LogP contribution in [0.4, 0.5) is 0 Å². The lowest BCUT2D eigenvalue weighted by Gasteiger charge is -2.27. The first-order valence-corrected chi connectivity index (χ1v) is 22.7. The van der Waals surface area contributed by atoms with E-state index in [9.17, 15) is 25.9 Å². The first-order valence-electron chi connectivity index (χ1n) is 19.9. The molecule has 12 nitrogen and oxygen atoms in total. The average molecular weight is 933 g/mol. The Morgan fingerprint density at radius 1 is 0.318 bits per heavy atom. The summed E-state index contributed by atoms with van der Waals surface area (Å²) in [5.74, 6) is 0. The van der Waals surface area contributed by atoms with Gasteiger partial charge in [0.2, 0.25) is 0 Å². The second kappa shape index (κ2) is 26.3. The summed E-state index contributed by atoms with van der Waals surface area (Å²) in [6, 6.07) is 73.2. The first kappa shape index (κ1) is 55.5. The van der Waals surface area contributed by atoms with E-state index in [2.05, 4.69) is 157 Å². The average Bonchev–Trinajstić information content (AvgIpc) is 3.36. The molecule has 0 atom stereocenters. The highest BCUT2D eigenvalue weighted by atomic mass is 32.2. The second-order valence-electron chi connectivity index (χ2n) is 14.0. The van der Waals surface area contributed by atoms with Gasteiger partial charge in [0.1, 0.15) is 20.2 Å². The third-order valence-corrected chi connectivity index (χ3v) is 11.9. The van der Waals surface area contributed by atoms with Gasteiger partial charge < -0.3 is 41.7 Å². The summed E-state index contributed by atoms with van der Waals surface area (Å²) in [6.07, 6.45) is 0. The minimum Gasteiger partial charge on any atom is -0.744 e. The molecule has 8 aromatic carbocycles. The molecule has 0 heterocycles. The Balaban J connectivity index is 0.000000323. The molecule has 0 saturated heterocycles. The Morgan fingerprint density at radius 3 is 0.606 bits per heavy atom. The number of hydrogen-bond acceptors (Lipinski definition) is 8. The smallest absolute Gasteiger partial charge is 0.172 e. The summed E-state index contributed by atoms with van der Waals surface area (Å²) in [6.45, 7) is 0. The Kier molecular flexibility index (Phi) is 22.1. The summed E-state index contributed by atoms with van der Waals surface area (Å²) in [5.41, 5.74) is 16.8. The van der Waals surface area contributed by atoms with Gasteiger partial charge in [-0.05, 0) is 35.4 Å². The maximum Gasteiger partial charge on any atom is 0.172 e. The van der Waals surface area contributed by atoms with Crippen molar-refractivity contribution in [1.29, 1.82) is 0 Å². The van der Waals surface area contributed by atoms with Crippen molar-refractivity contribution >= 4 is 20.2 Å². The summed E-state index contributed by atoms with van der Waals surface area (Å²) in [5, 5.41) is 14.0. The van der Waals surface area contributed by atoms with Crippen molar-refractivity contribution in [2.75, 3.05) is 14.2 Å². The van der Waals surface area contributed by atoms with Gasteiger partial charge in [-0.25, -0.2) is 16.8 Å². The highest BCUT2D eigenvalue weighted by Crippen LogP contribution is 2.33. The van der Waals surface area contributed by atoms with Gasteiger partial charge in [0.25, 0.3) is 0 Å². The molecule has 0 bridgehead atoms. The maximum atomic E-state index is 10.8. The highest BCUT2D eigenvalue weighted by molar-refractivity contribution is 7.86. The number of aliphatic hydroxyl groups excluding tert-OH is 2. The standard InChI is InChI=1S/2C19H17N.C12H10O6S2.2CH4O.2H2O/c2*20-19(16-10-4-1-5-11-16,17-12-6-2-7-13-17)18-14-8-3-9-15-18;13-19(14,15)11-5-1-9(2-6-11)10-3-7-12(8-4-10)20(16,17)18;2*1-2;;/h2*1-15H,20H2;1-8H,(H,13,14,15)(H,16,17,18);2*2H,1H3;2*1H2. The minimum atomic E-state index is -4.50. The van der Waals surface area contributed by atoms with Gasteiger partial charge in [0, 0.05) is 47.6 Å². The van der Waals surface area contributed by atoms with Crippen molar-refractivity contribution in [1.82, 2.24) is 0 Å². The van der Waals surface area contributed by atoms with Crippen LogP contribution in [-0.2, 0) is 31.3 Å². The topological polar surface area (TPSA) is 273 Å². The molecular formula is C52H56N2O10S2. The van der Waals surface area contributed by atoms with Gasteiger partial charge in [-0.15, -0.1) is 0 Å². The molecule has 0 fully saturated rings. The molecule has 0 saturated carbocycles. The molecule has 346 valence electrons. The van der Waals surface area contributed by atoms with Crippen molar-refractivity contribution < 1.29 is 58.6 Å². The van der Waals surface area contributed by atoms with Crippen molar-refractivity contribution in [3.63, 3.8) is 0 Å². The zero-order valence-corrected chi connectivity index (χ0v) is 38.1. The molecular weight excluding hydrogens is 877 g/mol. The number of rotatable bonds is 9. The third kappa shape index (κ3) is 14.2. The minimum absolute atomic E-state index is 0. The lowest BCUT2D eigenvalue weighted by atomic mass is 9.78. The van der Waals surface area contributed by atoms with Gasteiger partial charge >= 0.3 is 0 Å². The molecule has 14 heteroatoms. The van der Waals surface area contributed by atoms with Crippen LogP contribution < -0.4 is 11.5 Å². The zero-order valence-electron chi connectivity index (χ0n) is 36.5. The lowest BCUT2D eigenvalue weighted by Crippen LogP contribution is -2.71. The SMILES string of the molecule is CO.CO.O.O.O=S(=O)([O-])c1ccc(-c2ccc(S(=O)(=O)[O-])cc2)cc1.[NH3+]C(c1ccccc1)(c1ccccc1)c1ccccc1.[NH3+]C(c1ccccc1)(c1ccccc1)c1ccccc1. The molecule has 0 radical (unpaired) electrons. The predicted molar refractivity (Wildman–Crippen MR) is 256 cm³/mol. The van der Waals surface area contributed by atoms with E-state index in [0.717, 1.165) is 38.5 Å². The van der Waals surface area contributed by atoms with E-state index >= 15 is 0 Å². The molecule has 0 aliphatic heterocycles. The highest BCUT2D eigenvalue weighted by Gasteiger charge is 2.36. The van der Waals surface area contributed by atoms with E-state index in [1.807, 2.05) is 36.4 Å². The normalized spacial score (nSPS) is 10.7. The summed E-state index contributed by atoms with van der Waals surface area (Å²) in [4.78, 5) is -0.694. The largest absolute Gasteiger partial charge is 0.744 e. The molecule has 0 amide bonds. The van der Waals surface area contributed by atoms with Crippen LogP contribution in [0.2, 0.25) is 0 Å². The fourth-order valence-electron chi connectivity index (χ4n) is 6.96. The lowest BCUT2D eigenvalue weighted by molar-refractivity contribution is -0.455. The van der Waals surface area contributed by atoms with Gasteiger partial charge in [-0.1, -0.05) is 206 Å². The van der Waals surface area contributed by atoms with Crippen molar-refractivity contribution in [2.45, 2.75) is 20.9 Å². The molecule has 12 N–H and O–H groups in total. The van der Waals surface area contributed by atoms with Crippen molar-refractivity contribution in [2.24, 2.45) is 0 Å². The van der Waals surface area contributed by atoms with E-state index < -0.39 is 20.2 Å². The number of quaternary nitrogens is 2. The van der Waals surface area contributed by atoms with Crippen molar-refractivity contribution in [3.05, 3.63) is 264 Å². The zero-order chi connectivity index (χ0) is 46.6. The van der Waals surface area contributed by atoms with Crippen LogP contribution in [-0.4, -0.2) is 61.3 Å². The van der Waals surface area contributed by atoms with Crippen LogP contribution in [0, 0.1) is 0 Å².